The monoisotopic (exact) mass is 455 g/mol. The van der Waals surface area contributed by atoms with Gasteiger partial charge in [-0.2, -0.15) is 0 Å². The molecular weight excluding hydrogens is 438 g/mol. The van der Waals surface area contributed by atoms with E-state index in [1.807, 2.05) is 0 Å². The quantitative estimate of drug-likeness (QED) is 0.498. The average molecular weight is 455 g/mol. The zero-order valence-corrected chi connectivity index (χ0v) is 16.9. The summed E-state index contributed by atoms with van der Waals surface area (Å²) in [5.41, 5.74) is 0.990. The van der Waals surface area contributed by atoms with Crippen molar-refractivity contribution in [2.75, 3.05) is 13.4 Å². The number of carboxylic acids is 2. The zero-order valence-electron chi connectivity index (χ0n) is 16.9. The van der Waals surface area contributed by atoms with Gasteiger partial charge in [0, 0.05) is 6.07 Å². The second kappa shape index (κ2) is 8.91. The predicted molar refractivity (Wildman–Crippen MR) is 109 cm³/mol. The lowest BCUT2D eigenvalue weighted by atomic mass is 10.1. The first-order chi connectivity index (χ1) is 15.8. The molecule has 11 nitrogen and oxygen atoms in total. The van der Waals surface area contributed by atoms with Gasteiger partial charge in [0.05, 0.1) is 12.0 Å². The molecule has 2 aromatic rings. The number of ether oxygens (including phenoxy) is 4. The number of hydrogen-bond acceptors (Lipinski definition) is 8. The average Bonchev–Trinajstić information content (AvgIpc) is 3.35. The molecule has 2 heterocycles. The first kappa shape index (κ1) is 21.7. The van der Waals surface area contributed by atoms with E-state index in [4.69, 9.17) is 29.2 Å². The Balaban J connectivity index is 1.40. The third kappa shape index (κ3) is 4.87. The van der Waals surface area contributed by atoms with Gasteiger partial charge in [0.25, 0.3) is 5.91 Å². The fourth-order valence-electron chi connectivity index (χ4n) is 3.17. The second-order valence-corrected chi connectivity index (χ2v) is 7.06. The van der Waals surface area contributed by atoms with Crippen molar-refractivity contribution in [2.45, 2.75) is 12.5 Å². The highest BCUT2D eigenvalue weighted by atomic mass is 16.7. The van der Waals surface area contributed by atoms with Crippen LogP contribution in [0.4, 0.5) is 0 Å². The van der Waals surface area contributed by atoms with E-state index >= 15 is 0 Å². The zero-order chi connectivity index (χ0) is 23.5. The molecule has 2 aromatic carbocycles. The molecule has 2 aliphatic heterocycles. The number of carbonyl (C=O) groups is 4. The van der Waals surface area contributed by atoms with Gasteiger partial charge < -0.3 is 34.5 Å². The van der Waals surface area contributed by atoms with E-state index in [0.29, 0.717) is 22.6 Å². The third-order valence-corrected chi connectivity index (χ3v) is 4.72. The summed E-state index contributed by atoms with van der Waals surface area (Å²) >= 11 is 0. The van der Waals surface area contributed by atoms with Gasteiger partial charge in [0.15, 0.2) is 23.9 Å². The number of aliphatic carboxylic acids is 2. The molecule has 1 amide bonds. The maximum atomic E-state index is 12.6. The van der Waals surface area contributed by atoms with Crippen molar-refractivity contribution in [1.29, 1.82) is 0 Å². The number of amides is 1. The van der Waals surface area contributed by atoms with Crippen LogP contribution in [0, 0.1) is 0 Å². The molecule has 0 fully saturated rings. The largest absolute Gasteiger partial charge is 0.484 e. The molecule has 170 valence electrons. The van der Waals surface area contributed by atoms with Crippen LogP contribution in [-0.2, 0) is 14.4 Å². The van der Waals surface area contributed by atoms with Gasteiger partial charge in [-0.25, -0.2) is 4.79 Å². The minimum absolute atomic E-state index is 0.0942. The fraction of sp³-hybridized carbons (Fsp3) is 0.182. The first-order valence-corrected chi connectivity index (χ1v) is 9.65. The minimum Gasteiger partial charge on any atom is -0.484 e. The van der Waals surface area contributed by atoms with Crippen LogP contribution < -0.4 is 24.3 Å². The number of benzene rings is 2. The number of ketones is 1. The lowest BCUT2D eigenvalue weighted by Gasteiger charge is -2.13. The van der Waals surface area contributed by atoms with Gasteiger partial charge in [-0.15, -0.1) is 0 Å². The van der Waals surface area contributed by atoms with Crippen LogP contribution in [0.5, 0.6) is 23.0 Å². The Morgan fingerprint density at radius 1 is 1.06 bits per heavy atom. The second-order valence-electron chi connectivity index (χ2n) is 7.06. The summed E-state index contributed by atoms with van der Waals surface area (Å²) in [6, 6.07) is 7.98. The van der Waals surface area contributed by atoms with Crippen molar-refractivity contribution in [3.05, 3.63) is 53.3 Å². The Bertz CT molecular complexity index is 1190. The maximum Gasteiger partial charge on any atom is 0.326 e. The number of fused-ring (bicyclic) bond motifs is 2. The standard InChI is InChI=1S/C22H17NO10/c24-19(23-14(22(28)29)8-20(25)26)9-30-12-2-3-13-16(7-12)33-18(21(13)27)6-11-1-4-15-17(5-11)32-10-31-15/h1-7,14H,8-10H2,(H,23,24)(H,25,26)(H,28,29)/t14-/m0/s1. The molecule has 0 spiro atoms. The normalized spacial score (nSPS) is 15.5. The predicted octanol–water partition coefficient (Wildman–Crippen LogP) is 1.45. The lowest BCUT2D eigenvalue weighted by Crippen LogP contribution is -2.44. The summed E-state index contributed by atoms with van der Waals surface area (Å²) in [4.78, 5) is 46.3. The van der Waals surface area contributed by atoms with Crippen LogP contribution in [0.3, 0.4) is 0 Å². The van der Waals surface area contributed by atoms with Crippen molar-refractivity contribution in [2.24, 2.45) is 0 Å². The summed E-state index contributed by atoms with van der Waals surface area (Å²) in [5, 5.41) is 19.8. The van der Waals surface area contributed by atoms with Crippen molar-refractivity contribution in [3.8, 4) is 23.0 Å². The van der Waals surface area contributed by atoms with E-state index in [1.165, 1.54) is 18.2 Å². The summed E-state index contributed by atoms with van der Waals surface area (Å²) in [6.45, 7) is -0.427. The van der Waals surface area contributed by atoms with Gasteiger partial charge in [-0.3, -0.25) is 14.4 Å². The molecule has 1 atom stereocenters. The molecule has 0 unspecified atom stereocenters. The van der Waals surface area contributed by atoms with E-state index in [9.17, 15) is 19.2 Å². The third-order valence-electron chi connectivity index (χ3n) is 4.72. The molecular formula is C22H17NO10. The Morgan fingerprint density at radius 2 is 1.85 bits per heavy atom. The molecule has 0 aromatic heterocycles. The molecule has 0 radical (unpaired) electrons. The van der Waals surface area contributed by atoms with Crippen LogP contribution in [0.15, 0.2) is 42.2 Å². The summed E-state index contributed by atoms with van der Waals surface area (Å²) in [5.74, 6) is -2.28. The number of carboxylic acid groups (broad SMARTS) is 2. The number of nitrogens with one attached hydrogen (secondary N) is 1. The van der Waals surface area contributed by atoms with E-state index in [2.05, 4.69) is 5.32 Å². The Kier molecular flexibility index (Phi) is 5.85. The maximum absolute atomic E-state index is 12.6. The molecule has 0 saturated carbocycles. The van der Waals surface area contributed by atoms with Crippen molar-refractivity contribution in [3.63, 3.8) is 0 Å². The van der Waals surface area contributed by atoms with Crippen molar-refractivity contribution < 1.29 is 48.3 Å². The number of rotatable bonds is 8. The smallest absolute Gasteiger partial charge is 0.326 e. The van der Waals surface area contributed by atoms with Gasteiger partial charge in [-0.1, -0.05) is 6.07 Å². The van der Waals surface area contributed by atoms with Crippen molar-refractivity contribution in [1.82, 2.24) is 5.32 Å². The molecule has 2 aliphatic rings. The highest BCUT2D eigenvalue weighted by Gasteiger charge is 2.28. The summed E-state index contributed by atoms with van der Waals surface area (Å²) < 4.78 is 21.6. The molecule has 0 aliphatic carbocycles. The molecule has 0 bridgehead atoms. The van der Waals surface area contributed by atoms with Crippen LogP contribution in [0.1, 0.15) is 22.3 Å². The number of allylic oxidation sites excluding steroid dienone is 1. The Morgan fingerprint density at radius 3 is 2.61 bits per heavy atom. The SMILES string of the molecule is O=C(O)C[C@H](NC(=O)COc1ccc2c(c1)OC(=Cc1ccc3c(c1)OCO3)C2=O)C(=O)O. The van der Waals surface area contributed by atoms with Crippen LogP contribution in [0.25, 0.3) is 6.08 Å². The number of Topliss-reactive ketones (excluding diaryl/α,β-unsaturated/α-hetero) is 1. The van der Waals surface area contributed by atoms with E-state index in [0.717, 1.165) is 0 Å². The fourth-order valence-corrected chi connectivity index (χ4v) is 3.17. The van der Waals surface area contributed by atoms with Crippen LogP contribution >= 0.6 is 0 Å². The summed E-state index contributed by atoms with van der Waals surface area (Å²) in [7, 11) is 0. The number of carbonyl (C=O) groups excluding carboxylic acids is 2. The Labute approximate surface area is 186 Å². The van der Waals surface area contributed by atoms with E-state index in [1.54, 1.807) is 24.3 Å². The summed E-state index contributed by atoms with van der Waals surface area (Å²) in [6.07, 6.45) is 0.793. The van der Waals surface area contributed by atoms with E-state index in [-0.39, 0.29) is 29.8 Å². The Hall–Kier alpha value is -4.54. The highest BCUT2D eigenvalue weighted by molar-refractivity contribution is 6.14. The topological polar surface area (TPSA) is 158 Å². The molecule has 0 saturated heterocycles. The van der Waals surface area contributed by atoms with Gasteiger partial charge >= 0.3 is 11.9 Å². The van der Waals surface area contributed by atoms with Crippen LogP contribution in [0.2, 0.25) is 0 Å². The van der Waals surface area contributed by atoms with Crippen LogP contribution in [-0.4, -0.2) is 53.3 Å². The first-order valence-electron chi connectivity index (χ1n) is 9.65. The lowest BCUT2D eigenvalue weighted by molar-refractivity contribution is -0.147. The van der Waals surface area contributed by atoms with Crippen molar-refractivity contribution >= 4 is 29.7 Å². The van der Waals surface area contributed by atoms with Gasteiger partial charge in [0.2, 0.25) is 12.6 Å². The van der Waals surface area contributed by atoms with Gasteiger partial charge in [0.1, 0.15) is 17.5 Å². The molecule has 11 heteroatoms. The van der Waals surface area contributed by atoms with E-state index < -0.39 is 36.9 Å². The van der Waals surface area contributed by atoms with Gasteiger partial charge in [-0.05, 0) is 35.9 Å². The highest BCUT2D eigenvalue weighted by Crippen LogP contribution is 2.37. The number of hydrogen-bond donors (Lipinski definition) is 3. The molecule has 4 rings (SSSR count). The molecule has 33 heavy (non-hydrogen) atoms. The molecule has 3 N–H and O–H groups in total. The minimum atomic E-state index is -1.58.